The van der Waals surface area contributed by atoms with Gasteiger partial charge in [0.2, 0.25) is 5.91 Å². The van der Waals surface area contributed by atoms with Crippen LogP contribution in [-0.4, -0.2) is 40.1 Å². The zero-order valence-electron chi connectivity index (χ0n) is 20.7. The van der Waals surface area contributed by atoms with Gasteiger partial charge in [0.1, 0.15) is 16.8 Å². The summed E-state index contributed by atoms with van der Waals surface area (Å²) in [6.07, 6.45) is 0.526. The minimum absolute atomic E-state index is 0.0680. The number of anilines is 1. The van der Waals surface area contributed by atoms with E-state index in [9.17, 15) is 14.0 Å². The zero-order chi connectivity index (χ0) is 26.8. The van der Waals surface area contributed by atoms with Crippen LogP contribution < -0.4 is 10.1 Å². The number of amides is 2. The second-order valence-electron chi connectivity index (χ2n) is 8.95. The van der Waals surface area contributed by atoms with Gasteiger partial charge < -0.3 is 10.1 Å². The van der Waals surface area contributed by atoms with Crippen molar-refractivity contribution in [2.45, 2.75) is 31.1 Å². The molecule has 2 amide bonds. The Morgan fingerprint density at radius 3 is 2.58 bits per heavy atom. The van der Waals surface area contributed by atoms with Crippen molar-refractivity contribution in [3.63, 3.8) is 0 Å². The molecule has 2 aliphatic rings. The number of methoxy groups -OCH3 is 1. The van der Waals surface area contributed by atoms with Crippen LogP contribution in [0.25, 0.3) is 0 Å². The molecular formula is C28H24ClFN4O3S. The molecule has 194 valence electrons. The summed E-state index contributed by atoms with van der Waals surface area (Å²) in [6, 6.07) is 19.3. The van der Waals surface area contributed by atoms with Crippen LogP contribution in [0.3, 0.4) is 0 Å². The minimum atomic E-state index is -0.683. The summed E-state index contributed by atoms with van der Waals surface area (Å²) in [6.45, 7) is 1.62. The number of hydrogen-bond acceptors (Lipinski definition) is 6. The number of carbonyl (C=O) groups is 2. The molecule has 3 aromatic carbocycles. The molecule has 3 aromatic rings. The number of amidine groups is 1. The van der Waals surface area contributed by atoms with Crippen LogP contribution in [0.2, 0.25) is 5.02 Å². The van der Waals surface area contributed by atoms with E-state index >= 15 is 0 Å². The van der Waals surface area contributed by atoms with Crippen molar-refractivity contribution in [1.82, 2.24) is 5.01 Å². The Kier molecular flexibility index (Phi) is 7.49. The maximum atomic E-state index is 13.5. The lowest BCUT2D eigenvalue weighted by molar-refractivity contribution is -0.121. The number of aliphatic imine (C=N–C) groups is 1. The standard InChI is InChI=1S/C28H24ClFN4O3S/c1-16-13-20(9-12-22(16)30)31-26(35)15-25-27(36)32-28(38-25)34-24(18-3-7-19(29)8-4-18)14-23(33-34)17-5-10-21(37-2)11-6-17/h3-13,24-25H,14-15H2,1-2H3,(H,31,35)/t24-,25-/m1/s1. The Morgan fingerprint density at radius 2 is 1.89 bits per heavy atom. The van der Waals surface area contributed by atoms with Crippen LogP contribution in [0.5, 0.6) is 5.75 Å². The molecule has 38 heavy (non-hydrogen) atoms. The number of thioether (sulfide) groups is 1. The summed E-state index contributed by atoms with van der Waals surface area (Å²) in [5, 5.41) is 9.72. The maximum Gasteiger partial charge on any atom is 0.262 e. The zero-order valence-corrected chi connectivity index (χ0v) is 22.2. The Balaban J connectivity index is 1.34. The number of nitrogens with one attached hydrogen (secondary N) is 1. The first-order chi connectivity index (χ1) is 18.3. The van der Waals surface area contributed by atoms with Crippen molar-refractivity contribution in [3.8, 4) is 5.75 Å². The first kappa shape index (κ1) is 25.9. The van der Waals surface area contributed by atoms with Crippen LogP contribution in [0.15, 0.2) is 76.8 Å². The number of aryl methyl sites for hydroxylation is 1. The van der Waals surface area contributed by atoms with E-state index in [0.29, 0.717) is 27.9 Å². The van der Waals surface area contributed by atoms with Crippen molar-refractivity contribution >= 4 is 51.7 Å². The quantitative estimate of drug-likeness (QED) is 0.408. The number of ether oxygens (including phenoxy) is 1. The summed E-state index contributed by atoms with van der Waals surface area (Å²) in [5.41, 5.74) is 3.66. The number of carbonyl (C=O) groups excluding carboxylic acids is 2. The van der Waals surface area contributed by atoms with Gasteiger partial charge in [-0.2, -0.15) is 10.1 Å². The molecule has 2 heterocycles. The fourth-order valence-electron chi connectivity index (χ4n) is 4.30. The molecule has 0 unspecified atom stereocenters. The number of rotatable bonds is 6. The molecule has 0 bridgehead atoms. The van der Waals surface area contributed by atoms with Crippen molar-refractivity contribution in [1.29, 1.82) is 0 Å². The summed E-state index contributed by atoms with van der Waals surface area (Å²) < 4.78 is 18.8. The topological polar surface area (TPSA) is 83.4 Å². The molecule has 7 nitrogen and oxygen atoms in total. The van der Waals surface area contributed by atoms with E-state index in [4.69, 9.17) is 21.4 Å². The average Bonchev–Trinajstić information content (AvgIpc) is 3.51. The van der Waals surface area contributed by atoms with E-state index < -0.39 is 11.2 Å². The van der Waals surface area contributed by atoms with E-state index in [-0.39, 0.29) is 24.2 Å². The van der Waals surface area contributed by atoms with Gasteiger partial charge in [-0.1, -0.05) is 35.5 Å². The number of hydrazone groups is 1. The average molecular weight is 551 g/mol. The van der Waals surface area contributed by atoms with Gasteiger partial charge >= 0.3 is 0 Å². The normalized spacial score (nSPS) is 18.8. The summed E-state index contributed by atoms with van der Waals surface area (Å²) in [5.74, 6) is -0.343. The van der Waals surface area contributed by atoms with Crippen LogP contribution in [0, 0.1) is 12.7 Å². The highest BCUT2D eigenvalue weighted by molar-refractivity contribution is 8.15. The third-order valence-corrected chi connectivity index (χ3v) is 7.72. The predicted molar refractivity (Wildman–Crippen MR) is 148 cm³/mol. The van der Waals surface area contributed by atoms with Gasteiger partial charge in [-0.3, -0.25) is 9.59 Å². The first-order valence-electron chi connectivity index (χ1n) is 11.9. The molecule has 0 radical (unpaired) electrons. The van der Waals surface area contributed by atoms with Gasteiger partial charge in [0, 0.05) is 23.6 Å². The molecule has 10 heteroatoms. The van der Waals surface area contributed by atoms with Crippen molar-refractivity contribution in [2.24, 2.45) is 10.1 Å². The van der Waals surface area contributed by atoms with Crippen LogP contribution in [-0.2, 0) is 9.59 Å². The fraction of sp³-hybridized carbons (Fsp3) is 0.214. The van der Waals surface area contributed by atoms with Gasteiger partial charge in [0.15, 0.2) is 5.17 Å². The number of benzene rings is 3. The highest BCUT2D eigenvalue weighted by Gasteiger charge is 2.39. The third kappa shape index (κ3) is 5.58. The summed E-state index contributed by atoms with van der Waals surface area (Å²) in [7, 11) is 1.62. The van der Waals surface area contributed by atoms with Gasteiger partial charge in [-0.15, -0.1) is 0 Å². The molecule has 0 fully saturated rings. The van der Waals surface area contributed by atoms with Crippen molar-refractivity contribution in [3.05, 3.63) is 94.3 Å². The van der Waals surface area contributed by atoms with Gasteiger partial charge in [0.25, 0.3) is 5.91 Å². The number of halogens is 2. The lowest BCUT2D eigenvalue weighted by atomic mass is 9.98. The maximum absolute atomic E-state index is 13.5. The Morgan fingerprint density at radius 1 is 1.16 bits per heavy atom. The molecular weight excluding hydrogens is 527 g/mol. The molecule has 0 aliphatic carbocycles. The fourth-order valence-corrected chi connectivity index (χ4v) is 5.48. The second-order valence-corrected chi connectivity index (χ2v) is 10.6. The van der Waals surface area contributed by atoms with Crippen molar-refractivity contribution in [2.75, 3.05) is 12.4 Å². The van der Waals surface area contributed by atoms with E-state index in [1.165, 1.54) is 23.9 Å². The van der Waals surface area contributed by atoms with E-state index in [2.05, 4.69) is 10.3 Å². The SMILES string of the molecule is COc1ccc(C2=NN(C3=NC(=O)[C@@H](CC(=O)Nc4ccc(F)c(C)c4)S3)[C@@H](c3ccc(Cl)cc3)C2)cc1. The van der Waals surface area contributed by atoms with E-state index in [0.717, 1.165) is 22.6 Å². The van der Waals surface area contributed by atoms with Gasteiger partial charge in [0.05, 0.1) is 18.9 Å². The Hall–Kier alpha value is -3.69. The van der Waals surface area contributed by atoms with Crippen LogP contribution in [0.4, 0.5) is 10.1 Å². The minimum Gasteiger partial charge on any atom is -0.497 e. The predicted octanol–water partition coefficient (Wildman–Crippen LogP) is 5.97. The lowest BCUT2D eigenvalue weighted by Gasteiger charge is -2.23. The molecule has 0 saturated carbocycles. The van der Waals surface area contributed by atoms with Crippen molar-refractivity contribution < 1.29 is 18.7 Å². The first-order valence-corrected chi connectivity index (χ1v) is 13.2. The van der Waals surface area contributed by atoms with E-state index in [1.54, 1.807) is 25.1 Å². The third-order valence-electron chi connectivity index (χ3n) is 6.33. The van der Waals surface area contributed by atoms with Crippen LogP contribution >= 0.6 is 23.4 Å². The molecule has 0 aromatic heterocycles. The molecule has 1 N–H and O–H groups in total. The van der Waals surface area contributed by atoms with Gasteiger partial charge in [-0.25, -0.2) is 9.40 Å². The number of nitrogens with zero attached hydrogens (tertiary/aromatic N) is 3. The molecule has 0 saturated heterocycles. The highest BCUT2D eigenvalue weighted by Crippen LogP contribution is 2.39. The molecule has 2 aliphatic heterocycles. The smallest absolute Gasteiger partial charge is 0.262 e. The highest BCUT2D eigenvalue weighted by atomic mass is 35.5. The number of hydrogen-bond donors (Lipinski definition) is 1. The summed E-state index contributed by atoms with van der Waals surface area (Å²) in [4.78, 5) is 29.7. The second kappa shape index (κ2) is 11.0. The van der Waals surface area contributed by atoms with Gasteiger partial charge in [-0.05, 0) is 78.2 Å². The Bertz CT molecular complexity index is 1440. The molecule has 5 rings (SSSR count). The Labute approximate surface area is 228 Å². The van der Waals surface area contributed by atoms with E-state index in [1.807, 2.05) is 48.5 Å². The lowest BCUT2D eigenvalue weighted by Crippen LogP contribution is -2.25. The monoisotopic (exact) mass is 550 g/mol. The summed E-state index contributed by atoms with van der Waals surface area (Å²) >= 11 is 7.33. The van der Waals surface area contributed by atoms with Crippen LogP contribution in [0.1, 0.15) is 35.6 Å². The molecule has 0 spiro atoms. The molecule has 2 atom stereocenters. The largest absolute Gasteiger partial charge is 0.497 e.